The van der Waals surface area contributed by atoms with Crippen molar-refractivity contribution in [3.05, 3.63) is 78.1 Å². The highest BCUT2D eigenvalue weighted by molar-refractivity contribution is 7.92. The number of aromatic nitrogens is 2. The van der Waals surface area contributed by atoms with Gasteiger partial charge in [0.05, 0.1) is 11.9 Å². The summed E-state index contributed by atoms with van der Waals surface area (Å²) in [4.78, 5) is 21.3. The van der Waals surface area contributed by atoms with Crippen molar-refractivity contribution < 1.29 is 13.2 Å². The van der Waals surface area contributed by atoms with Crippen molar-refractivity contribution in [1.82, 2.24) is 20.0 Å². The third-order valence-electron chi connectivity index (χ3n) is 5.80. The molecule has 1 saturated heterocycles. The highest BCUT2D eigenvalue weighted by Crippen LogP contribution is 2.30. The van der Waals surface area contributed by atoms with Crippen molar-refractivity contribution in [3.8, 4) is 0 Å². The zero-order chi connectivity index (χ0) is 24.8. The maximum Gasteiger partial charge on any atom is 0.264 e. The summed E-state index contributed by atoms with van der Waals surface area (Å²) in [6.45, 7) is 9.07. The monoisotopic (exact) mass is 492 g/mol. The first kappa shape index (κ1) is 24.4. The zero-order valence-electron chi connectivity index (χ0n) is 19.5. The molecule has 1 amide bonds. The average Bonchev–Trinajstić information content (AvgIpc) is 3.37. The molecule has 0 saturated carbocycles. The van der Waals surface area contributed by atoms with Gasteiger partial charge in [-0.2, -0.15) is 5.10 Å². The number of sulfonamides is 1. The van der Waals surface area contributed by atoms with Crippen LogP contribution in [-0.2, 0) is 16.6 Å². The van der Waals surface area contributed by atoms with Gasteiger partial charge in [0, 0.05) is 67.5 Å². The topological polar surface area (TPSA) is 111 Å². The predicted octanol–water partition coefficient (Wildman–Crippen LogP) is 3.53. The number of aliphatic imine (C=N–C) groups is 1. The molecule has 0 atom stereocenters. The minimum Gasteiger partial charge on any atom is -0.336 e. The average molecular weight is 493 g/mol. The second kappa shape index (κ2) is 10.7. The molecule has 1 aliphatic heterocycles. The highest BCUT2D eigenvalue weighted by atomic mass is 32.2. The lowest BCUT2D eigenvalue weighted by Crippen LogP contribution is -2.48. The number of hydrogen-bond donors (Lipinski definition) is 2. The Morgan fingerprint density at radius 1 is 1.17 bits per heavy atom. The van der Waals surface area contributed by atoms with Gasteiger partial charge >= 0.3 is 0 Å². The number of nitrogens with one attached hydrogen (secondary N) is 2. The van der Waals surface area contributed by atoms with Crippen LogP contribution in [0.4, 0.5) is 11.4 Å². The Labute approximate surface area is 205 Å². The molecule has 2 heterocycles. The van der Waals surface area contributed by atoms with Crippen molar-refractivity contribution in [2.24, 2.45) is 4.99 Å². The Bertz CT molecular complexity index is 1310. The molecule has 0 radical (unpaired) electrons. The molecular formula is C25H28N6O3S. The Hall–Kier alpha value is -3.76. The van der Waals surface area contributed by atoms with Crippen LogP contribution in [-0.4, -0.2) is 66.7 Å². The van der Waals surface area contributed by atoms with Crippen molar-refractivity contribution in [1.29, 1.82) is 0 Å². The molecule has 4 rings (SSSR count). The molecule has 0 bridgehead atoms. The molecule has 0 spiro atoms. The van der Waals surface area contributed by atoms with Crippen LogP contribution >= 0.6 is 0 Å². The number of piperazine rings is 1. The number of H-pyrrole nitrogens is 1. The van der Waals surface area contributed by atoms with Gasteiger partial charge in [-0.15, -0.1) is 0 Å². The van der Waals surface area contributed by atoms with E-state index in [2.05, 4.69) is 31.4 Å². The third-order valence-corrected chi connectivity index (χ3v) is 7.22. The van der Waals surface area contributed by atoms with E-state index < -0.39 is 10.0 Å². The predicted molar refractivity (Wildman–Crippen MR) is 137 cm³/mol. The van der Waals surface area contributed by atoms with E-state index in [0.717, 1.165) is 25.2 Å². The van der Waals surface area contributed by atoms with E-state index in [9.17, 15) is 13.2 Å². The van der Waals surface area contributed by atoms with Crippen LogP contribution in [0.2, 0.25) is 0 Å². The fourth-order valence-corrected chi connectivity index (χ4v) is 5.23. The lowest BCUT2D eigenvalue weighted by molar-refractivity contribution is 0.0628. The Balaban J connectivity index is 1.41. The normalized spacial score (nSPS) is 14.8. The van der Waals surface area contributed by atoms with Crippen molar-refractivity contribution >= 4 is 39.6 Å². The summed E-state index contributed by atoms with van der Waals surface area (Å²) in [6.07, 6.45) is 6.79. The summed E-state index contributed by atoms with van der Waals surface area (Å²) in [7, 11) is -3.90. The lowest BCUT2D eigenvalue weighted by atomic mass is 10.1. The van der Waals surface area contributed by atoms with Crippen LogP contribution in [0, 0.1) is 0 Å². The Morgan fingerprint density at radius 2 is 1.91 bits per heavy atom. The number of benzene rings is 2. The van der Waals surface area contributed by atoms with E-state index in [1.54, 1.807) is 61.8 Å². The number of amides is 1. The summed E-state index contributed by atoms with van der Waals surface area (Å²) in [5, 5.41) is 6.78. The largest absolute Gasteiger partial charge is 0.336 e. The summed E-state index contributed by atoms with van der Waals surface area (Å²) in [5.74, 6) is -0.0689. The van der Waals surface area contributed by atoms with E-state index in [1.165, 1.54) is 6.07 Å². The number of rotatable bonds is 8. The number of carbonyl (C=O) groups excluding carboxylic acids is 1. The molecule has 182 valence electrons. The maximum absolute atomic E-state index is 13.1. The second-order valence-corrected chi connectivity index (χ2v) is 9.79. The first-order chi connectivity index (χ1) is 16.9. The molecule has 1 fully saturated rings. The van der Waals surface area contributed by atoms with Gasteiger partial charge in [0.2, 0.25) is 0 Å². The summed E-state index contributed by atoms with van der Waals surface area (Å²) in [6, 6.07) is 11.4. The lowest BCUT2D eigenvalue weighted by Gasteiger charge is -2.34. The molecule has 0 unspecified atom stereocenters. The standard InChI is InChI=1S/C25H28N6O3S/c1-3-20-6-5-7-23(24(20)26-4-2)35(33,34)29-22-10-8-21(9-11-22)25(32)31-14-12-30(13-15-31)18-19-16-27-28-17-19/h3-11,16-17,29H,1,12-15,18H2,2H3,(H,27,28). The van der Waals surface area contributed by atoms with E-state index in [0.29, 0.717) is 35.6 Å². The van der Waals surface area contributed by atoms with Gasteiger partial charge in [-0.05, 0) is 37.3 Å². The molecule has 2 aromatic carbocycles. The van der Waals surface area contributed by atoms with E-state index in [4.69, 9.17) is 0 Å². The van der Waals surface area contributed by atoms with Crippen LogP contribution in [0.1, 0.15) is 28.4 Å². The van der Waals surface area contributed by atoms with Crippen molar-refractivity contribution in [2.75, 3.05) is 30.9 Å². The quantitative estimate of drug-likeness (QED) is 0.468. The van der Waals surface area contributed by atoms with Gasteiger partial charge < -0.3 is 4.90 Å². The fraction of sp³-hybridized carbons (Fsp3) is 0.240. The van der Waals surface area contributed by atoms with Crippen molar-refractivity contribution in [2.45, 2.75) is 18.4 Å². The van der Waals surface area contributed by atoms with E-state index in [-0.39, 0.29) is 10.8 Å². The summed E-state index contributed by atoms with van der Waals surface area (Å²) < 4.78 is 28.7. The smallest absolute Gasteiger partial charge is 0.264 e. The van der Waals surface area contributed by atoms with E-state index in [1.807, 2.05) is 11.1 Å². The molecular weight excluding hydrogens is 464 g/mol. The number of carbonyl (C=O) groups is 1. The van der Waals surface area contributed by atoms with Gasteiger partial charge in [0.1, 0.15) is 4.90 Å². The fourth-order valence-electron chi connectivity index (χ4n) is 3.99. The molecule has 3 aromatic rings. The first-order valence-corrected chi connectivity index (χ1v) is 12.8. The number of hydrogen-bond acceptors (Lipinski definition) is 6. The third kappa shape index (κ3) is 5.67. The van der Waals surface area contributed by atoms with Crippen LogP contribution in [0.3, 0.4) is 0 Å². The maximum atomic E-state index is 13.1. The molecule has 9 nitrogen and oxygen atoms in total. The molecule has 0 aliphatic carbocycles. The van der Waals surface area contributed by atoms with Crippen LogP contribution in [0.15, 0.2) is 71.3 Å². The number of anilines is 1. The Kier molecular flexibility index (Phi) is 7.42. The van der Waals surface area contributed by atoms with Crippen LogP contribution < -0.4 is 4.72 Å². The number of nitrogens with zero attached hydrogens (tertiary/aromatic N) is 4. The van der Waals surface area contributed by atoms with Gasteiger partial charge in [-0.3, -0.25) is 24.5 Å². The zero-order valence-corrected chi connectivity index (χ0v) is 20.3. The van der Waals surface area contributed by atoms with Gasteiger partial charge in [-0.25, -0.2) is 8.42 Å². The van der Waals surface area contributed by atoms with Gasteiger partial charge in [0.15, 0.2) is 0 Å². The highest BCUT2D eigenvalue weighted by Gasteiger charge is 2.23. The van der Waals surface area contributed by atoms with Gasteiger partial charge in [0.25, 0.3) is 15.9 Å². The molecule has 35 heavy (non-hydrogen) atoms. The van der Waals surface area contributed by atoms with Gasteiger partial charge in [-0.1, -0.05) is 24.8 Å². The first-order valence-electron chi connectivity index (χ1n) is 11.3. The van der Waals surface area contributed by atoms with Crippen LogP contribution in [0.5, 0.6) is 0 Å². The second-order valence-electron chi connectivity index (χ2n) is 8.14. The molecule has 1 aliphatic rings. The minimum absolute atomic E-state index is 0.0569. The molecule has 2 N–H and O–H groups in total. The van der Waals surface area contributed by atoms with Crippen molar-refractivity contribution in [3.63, 3.8) is 0 Å². The van der Waals surface area contributed by atoms with E-state index >= 15 is 0 Å². The number of aromatic amines is 1. The SMILES string of the molecule is C=Cc1cccc(S(=O)(=O)Nc2ccc(C(=O)N3CCN(Cc4cn[nH]c4)CC3)cc2)c1N=CC. The summed E-state index contributed by atoms with van der Waals surface area (Å²) >= 11 is 0. The number of para-hydroxylation sites is 1. The van der Waals surface area contributed by atoms with Crippen LogP contribution in [0.25, 0.3) is 6.08 Å². The Morgan fingerprint density at radius 3 is 2.54 bits per heavy atom. The summed E-state index contributed by atoms with van der Waals surface area (Å²) in [5.41, 5.74) is 2.95. The minimum atomic E-state index is -3.90. The molecule has 10 heteroatoms. The molecule has 1 aromatic heterocycles.